The summed E-state index contributed by atoms with van der Waals surface area (Å²) in [4.78, 5) is 2.53. The Kier molecular flexibility index (Phi) is 9.22. The lowest BCUT2D eigenvalue weighted by molar-refractivity contribution is 0.660. The molecule has 0 aliphatic heterocycles. The smallest absolute Gasteiger partial charge is 0.0726 e. The molecule has 11 aromatic carbocycles. The highest BCUT2D eigenvalue weighted by atomic mass is 15.1. The average molecular weight is 904 g/mol. The highest BCUT2D eigenvalue weighted by molar-refractivity contribution is 6.05. The Morgan fingerprint density at radius 1 is 0.254 bits per heavy atom. The van der Waals surface area contributed by atoms with Crippen LogP contribution < -0.4 is 4.90 Å². The van der Waals surface area contributed by atoms with Crippen LogP contribution in [0.1, 0.15) is 47.2 Å². The summed E-state index contributed by atoms with van der Waals surface area (Å²) < 4.78 is 0. The van der Waals surface area contributed by atoms with Crippen LogP contribution in [0.2, 0.25) is 0 Å². The molecule has 1 atom stereocenters. The maximum absolute atomic E-state index is 2.53. The summed E-state index contributed by atoms with van der Waals surface area (Å²) in [6.07, 6.45) is 0. The topological polar surface area (TPSA) is 3.24 Å². The Morgan fingerprint density at radius 2 is 0.704 bits per heavy atom. The van der Waals surface area contributed by atoms with Gasteiger partial charge in [0.2, 0.25) is 0 Å². The van der Waals surface area contributed by atoms with Crippen molar-refractivity contribution in [3.05, 3.63) is 294 Å². The van der Waals surface area contributed by atoms with Gasteiger partial charge in [-0.1, -0.05) is 238 Å². The van der Waals surface area contributed by atoms with Crippen LogP contribution in [-0.2, 0) is 10.8 Å². The highest BCUT2D eigenvalue weighted by Crippen LogP contribution is 2.66. The summed E-state index contributed by atoms with van der Waals surface area (Å²) in [5.41, 5.74) is 28.2. The number of anilines is 3. The maximum Gasteiger partial charge on any atom is 0.0726 e. The van der Waals surface area contributed by atoms with Crippen LogP contribution in [0.5, 0.6) is 0 Å². The van der Waals surface area contributed by atoms with E-state index in [0.717, 1.165) is 17.1 Å². The van der Waals surface area contributed by atoms with E-state index in [4.69, 9.17) is 0 Å². The van der Waals surface area contributed by atoms with Crippen LogP contribution in [0.25, 0.3) is 77.9 Å². The molecule has 0 aromatic heterocycles. The van der Waals surface area contributed by atoms with Crippen LogP contribution in [0.4, 0.5) is 17.1 Å². The largest absolute Gasteiger partial charge is 0.310 e. The van der Waals surface area contributed by atoms with Crippen LogP contribution in [-0.4, -0.2) is 0 Å². The van der Waals surface area contributed by atoms with E-state index >= 15 is 0 Å². The molecule has 71 heavy (non-hydrogen) atoms. The van der Waals surface area contributed by atoms with Crippen molar-refractivity contribution in [2.24, 2.45) is 0 Å². The van der Waals surface area contributed by atoms with E-state index in [2.05, 4.69) is 280 Å². The summed E-state index contributed by atoms with van der Waals surface area (Å²) in [6.45, 7) is 4.76. The van der Waals surface area contributed by atoms with E-state index in [-0.39, 0.29) is 5.41 Å². The number of hydrogen-bond donors (Lipinski definition) is 0. The quantitative estimate of drug-likeness (QED) is 0.154. The number of nitrogens with zero attached hydrogens (tertiary/aromatic N) is 1. The third-order valence-electron chi connectivity index (χ3n) is 15.9. The van der Waals surface area contributed by atoms with Crippen molar-refractivity contribution in [1.82, 2.24) is 0 Å². The SMILES string of the molecule is CC1(C)c2ccccc2-c2ccc(N(c3ccc(-c4ccccc4)cc3)c3cccc4c3-c3ccccc3C43c4ccccc4-c4c(-c5ccc(-c6ccccc6)cc5-c5ccccc5)cccc43)cc21. The first-order valence-corrected chi connectivity index (χ1v) is 24.9. The monoisotopic (exact) mass is 903 g/mol. The third kappa shape index (κ3) is 6.06. The molecule has 1 unspecified atom stereocenters. The Bertz CT molecular complexity index is 3880. The minimum Gasteiger partial charge on any atom is -0.310 e. The van der Waals surface area contributed by atoms with Crippen molar-refractivity contribution >= 4 is 17.1 Å². The second-order valence-corrected chi connectivity index (χ2v) is 19.9. The number of benzene rings is 11. The first-order valence-electron chi connectivity index (χ1n) is 24.9. The summed E-state index contributed by atoms with van der Waals surface area (Å²) >= 11 is 0. The van der Waals surface area contributed by atoms with E-state index in [0.29, 0.717) is 0 Å². The Morgan fingerprint density at radius 3 is 1.38 bits per heavy atom. The molecule has 1 spiro atoms. The van der Waals surface area contributed by atoms with E-state index in [1.54, 1.807) is 0 Å². The van der Waals surface area contributed by atoms with Crippen molar-refractivity contribution in [2.75, 3.05) is 4.90 Å². The normalized spacial score (nSPS) is 15.1. The van der Waals surface area contributed by atoms with Gasteiger partial charge >= 0.3 is 0 Å². The van der Waals surface area contributed by atoms with Gasteiger partial charge in [-0.05, 0) is 142 Å². The molecular formula is C70H49N. The van der Waals surface area contributed by atoms with E-state index in [1.807, 2.05) is 0 Å². The third-order valence-corrected chi connectivity index (χ3v) is 15.9. The van der Waals surface area contributed by atoms with Gasteiger partial charge in [-0.15, -0.1) is 0 Å². The molecule has 11 aromatic rings. The first-order chi connectivity index (χ1) is 35.0. The molecule has 1 nitrogen and oxygen atoms in total. The van der Waals surface area contributed by atoms with Gasteiger partial charge in [0.25, 0.3) is 0 Å². The molecule has 0 fully saturated rings. The van der Waals surface area contributed by atoms with Crippen molar-refractivity contribution in [3.63, 3.8) is 0 Å². The molecule has 0 amide bonds. The number of fused-ring (bicyclic) bond motifs is 13. The molecule has 3 aliphatic carbocycles. The summed E-state index contributed by atoms with van der Waals surface area (Å²) in [5, 5.41) is 0. The molecular weight excluding hydrogens is 855 g/mol. The van der Waals surface area contributed by atoms with Gasteiger partial charge < -0.3 is 4.90 Å². The predicted octanol–water partition coefficient (Wildman–Crippen LogP) is 18.5. The molecule has 0 bridgehead atoms. The summed E-state index contributed by atoms with van der Waals surface area (Å²) in [6, 6.07) is 97.4. The molecule has 0 saturated heterocycles. The van der Waals surface area contributed by atoms with Gasteiger partial charge in [0.15, 0.2) is 0 Å². The lowest BCUT2D eigenvalue weighted by atomic mass is 9.70. The van der Waals surface area contributed by atoms with Crippen LogP contribution >= 0.6 is 0 Å². The lowest BCUT2D eigenvalue weighted by Crippen LogP contribution is -2.26. The zero-order valence-corrected chi connectivity index (χ0v) is 39.8. The second-order valence-electron chi connectivity index (χ2n) is 19.9. The fraction of sp³-hybridized carbons (Fsp3) is 0.0571. The van der Waals surface area contributed by atoms with Gasteiger partial charge in [0, 0.05) is 22.4 Å². The van der Waals surface area contributed by atoms with E-state index < -0.39 is 5.41 Å². The van der Waals surface area contributed by atoms with Gasteiger partial charge in [-0.25, -0.2) is 0 Å². The molecule has 334 valence electrons. The Labute approximate surface area is 416 Å². The van der Waals surface area contributed by atoms with Gasteiger partial charge in [-0.3, -0.25) is 0 Å². The van der Waals surface area contributed by atoms with E-state index in [9.17, 15) is 0 Å². The van der Waals surface area contributed by atoms with Crippen molar-refractivity contribution in [1.29, 1.82) is 0 Å². The van der Waals surface area contributed by atoms with Crippen molar-refractivity contribution in [3.8, 4) is 77.9 Å². The standard InChI is InChI=1S/C70H49N/c1-69(2)60-30-15-12-26-54(60)55-43-41-52(45-65(55)69)71(51-39-36-48(37-40-51)46-20-6-3-7-21-46)66-35-19-34-64-68(66)58-28-14-17-32-62(58)70(64)61-31-16-13-27-57(61)67-56(29-18-33-63(67)70)53-42-38-50(47-22-8-4-9-23-47)44-59(53)49-24-10-5-11-25-49/h3-45H,1-2H3. The minimum absolute atomic E-state index is 0.155. The average Bonchev–Trinajstić information content (AvgIpc) is 4.01. The highest BCUT2D eigenvalue weighted by Gasteiger charge is 2.53. The number of rotatable bonds is 7. The molecule has 0 radical (unpaired) electrons. The molecule has 14 rings (SSSR count). The van der Waals surface area contributed by atoms with Crippen molar-refractivity contribution in [2.45, 2.75) is 24.7 Å². The van der Waals surface area contributed by atoms with Crippen LogP contribution in [0.15, 0.2) is 261 Å². The van der Waals surface area contributed by atoms with Crippen molar-refractivity contribution < 1.29 is 0 Å². The lowest BCUT2D eigenvalue weighted by Gasteiger charge is -2.32. The molecule has 0 N–H and O–H groups in total. The van der Waals surface area contributed by atoms with Gasteiger partial charge in [-0.2, -0.15) is 0 Å². The van der Waals surface area contributed by atoms with E-state index in [1.165, 1.54) is 111 Å². The number of hydrogen-bond acceptors (Lipinski definition) is 1. The summed E-state index contributed by atoms with van der Waals surface area (Å²) in [7, 11) is 0. The second kappa shape index (κ2) is 15.9. The molecule has 1 heteroatoms. The fourth-order valence-electron chi connectivity index (χ4n) is 12.8. The molecule has 0 saturated carbocycles. The predicted molar refractivity (Wildman–Crippen MR) is 297 cm³/mol. The first kappa shape index (κ1) is 41.2. The zero-order valence-electron chi connectivity index (χ0n) is 39.8. The Balaban J connectivity index is 1.01. The van der Waals surface area contributed by atoms with Crippen LogP contribution in [0.3, 0.4) is 0 Å². The van der Waals surface area contributed by atoms with Gasteiger partial charge in [0.05, 0.1) is 11.1 Å². The fourth-order valence-corrected chi connectivity index (χ4v) is 12.8. The molecule has 0 heterocycles. The Hall–Kier alpha value is -8.78. The molecule has 3 aliphatic rings. The summed E-state index contributed by atoms with van der Waals surface area (Å²) in [5.74, 6) is 0. The zero-order chi connectivity index (χ0) is 47.3. The van der Waals surface area contributed by atoms with Crippen LogP contribution in [0, 0.1) is 0 Å². The van der Waals surface area contributed by atoms with Gasteiger partial charge in [0.1, 0.15) is 0 Å². The minimum atomic E-state index is -0.564. The maximum atomic E-state index is 2.53.